The predicted molar refractivity (Wildman–Crippen MR) is 119 cm³/mol. The van der Waals surface area contributed by atoms with Gasteiger partial charge in [-0.05, 0) is 29.8 Å². The van der Waals surface area contributed by atoms with Crippen molar-refractivity contribution in [3.63, 3.8) is 0 Å². The van der Waals surface area contributed by atoms with Gasteiger partial charge in [-0.3, -0.25) is 4.79 Å². The quantitative estimate of drug-likeness (QED) is 0.519. The van der Waals surface area contributed by atoms with Gasteiger partial charge in [0.1, 0.15) is 11.6 Å². The van der Waals surface area contributed by atoms with Crippen LogP contribution in [0.1, 0.15) is 50.5 Å². The number of halogens is 1. The lowest BCUT2D eigenvalue weighted by molar-refractivity contribution is 0.0859. The summed E-state index contributed by atoms with van der Waals surface area (Å²) >= 11 is 0. The lowest BCUT2D eigenvalue weighted by atomic mass is 9.84. The van der Waals surface area contributed by atoms with Crippen LogP contribution in [0.15, 0.2) is 60.7 Å². The van der Waals surface area contributed by atoms with E-state index in [2.05, 4.69) is 29.4 Å². The van der Waals surface area contributed by atoms with E-state index < -0.39 is 5.41 Å². The van der Waals surface area contributed by atoms with Crippen molar-refractivity contribution >= 4 is 11.6 Å². The van der Waals surface area contributed by atoms with Crippen molar-refractivity contribution in [2.75, 3.05) is 11.9 Å². The van der Waals surface area contributed by atoms with Crippen LogP contribution in [0.3, 0.4) is 0 Å². The minimum Gasteiger partial charge on any atom is -0.368 e. The van der Waals surface area contributed by atoms with Crippen LogP contribution in [0.2, 0.25) is 0 Å². The Balaban J connectivity index is 1.76. The summed E-state index contributed by atoms with van der Waals surface area (Å²) in [5.74, 6) is 0.478. The number of anilines is 1. The standard InChI is InChI=1S/C25H28FN3O/c1-24(2,3)23(30)20-9-7-6-8-19(20)21-14-15-22(29-28-21)27-16-25(4,5)17-10-12-18(26)13-11-17/h6-15H,16H2,1-5H3,(H,27,29). The molecule has 0 amide bonds. The molecule has 5 heteroatoms. The number of benzene rings is 2. The Morgan fingerprint density at radius 3 is 2.17 bits per heavy atom. The molecule has 0 aliphatic carbocycles. The molecule has 0 saturated carbocycles. The SMILES string of the molecule is CC(C)(C)C(=O)c1ccccc1-c1ccc(NCC(C)(C)c2ccc(F)cc2)nn1. The summed E-state index contributed by atoms with van der Waals surface area (Å²) in [6.07, 6.45) is 0. The number of nitrogens with one attached hydrogen (secondary N) is 1. The molecule has 1 heterocycles. The molecule has 1 aromatic heterocycles. The number of hydrogen-bond acceptors (Lipinski definition) is 4. The average Bonchev–Trinajstić information content (AvgIpc) is 2.72. The number of nitrogens with zero attached hydrogens (tertiary/aromatic N) is 2. The van der Waals surface area contributed by atoms with E-state index in [0.29, 0.717) is 23.6 Å². The van der Waals surface area contributed by atoms with E-state index in [1.165, 1.54) is 12.1 Å². The van der Waals surface area contributed by atoms with E-state index in [4.69, 9.17) is 0 Å². The molecule has 0 saturated heterocycles. The Hall–Kier alpha value is -3.08. The van der Waals surface area contributed by atoms with Crippen LogP contribution >= 0.6 is 0 Å². The van der Waals surface area contributed by atoms with Gasteiger partial charge >= 0.3 is 0 Å². The van der Waals surface area contributed by atoms with Crippen LogP contribution < -0.4 is 5.32 Å². The number of hydrogen-bond donors (Lipinski definition) is 1. The first kappa shape index (κ1) is 21.6. The molecular formula is C25H28FN3O. The maximum absolute atomic E-state index is 13.2. The first-order valence-corrected chi connectivity index (χ1v) is 10.1. The first-order valence-electron chi connectivity index (χ1n) is 10.1. The Kier molecular flexibility index (Phi) is 6.01. The van der Waals surface area contributed by atoms with Crippen LogP contribution in [0.5, 0.6) is 0 Å². The molecule has 1 N–H and O–H groups in total. The minimum absolute atomic E-state index is 0.0724. The zero-order valence-corrected chi connectivity index (χ0v) is 18.2. The van der Waals surface area contributed by atoms with Crippen molar-refractivity contribution in [1.29, 1.82) is 0 Å². The summed E-state index contributed by atoms with van der Waals surface area (Å²) in [7, 11) is 0. The predicted octanol–water partition coefficient (Wildman–Crippen LogP) is 5.90. The molecule has 30 heavy (non-hydrogen) atoms. The van der Waals surface area contributed by atoms with Crippen molar-refractivity contribution in [3.8, 4) is 11.3 Å². The van der Waals surface area contributed by atoms with Crippen LogP contribution in [-0.2, 0) is 5.41 Å². The van der Waals surface area contributed by atoms with Gasteiger partial charge in [-0.15, -0.1) is 10.2 Å². The van der Waals surface area contributed by atoms with E-state index in [1.54, 1.807) is 12.1 Å². The summed E-state index contributed by atoms with van der Waals surface area (Å²) in [6, 6.07) is 17.8. The van der Waals surface area contributed by atoms with Gasteiger partial charge in [0.2, 0.25) is 0 Å². The third-order valence-electron chi connectivity index (χ3n) is 5.13. The molecule has 0 bridgehead atoms. The summed E-state index contributed by atoms with van der Waals surface area (Å²) in [5, 5.41) is 11.9. The molecule has 0 radical (unpaired) electrons. The van der Waals surface area contributed by atoms with Gasteiger partial charge in [-0.2, -0.15) is 0 Å². The second-order valence-corrected chi connectivity index (χ2v) is 9.17. The molecule has 2 aromatic carbocycles. The number of aromatic nitrogens is 2. The van der Waals surface area contributed by atoms with Gasteiger partial charge in [0.05, 0.1) is 5.69 Å². The Morgan fingerprint density at radius 1 is 0.900 bits per heavy atom. The van der Waals surface area contributed by atoms with Crippen LogP contribution in [0.4, 0.5) is 10.2 Å². The van der Waals surface area contributed by atoms with Crippen molar-refractivity contribution in [2.45, 2.75) is 40.0 Å². The number of ketones is 1. The van der Waals surface area contributed by atoms with E-state index in [9.17, 15) is 9.18 Å². The smallest absolute Gasteiger partial charge is 0.168 e. The molecule has 0 aliphatic heterocycles. The second kappa shape index (κ2) is 8.34. The molecule has 3 aromatic rings. The summed E-state index contributed by atoms with van der Waals surface area (Å²) in [5.41, 5.74) is 2.44. The van der Waals surface area contributed by atoms with Gasteiger partial charge in [0.25, 0.3) is 0 Å². The summed E-state index contributed by atoms with van der Waals surface area (Å²) in [4.78, 5) is 12.8. The van der Waals surface area contributed by atoms with E-state index in [1.807, 2.05) is 57.2 Å². The van der Waals surface area contributed by atoms with Gasteiger partial charge in [-0.25, -0.2) is 4.39 Å². The zero-order chi connectivity index (χ0) is 21.9. The molecule has 0 fully saturated rings. The maximum Gasteiger partial charge on any atom is 0.168 e. The van der Waals surface area contributed by atoms with Gasteiger partial charge in [0.15, 0.2) is 5.78 Å². The zero-order valence-electron chi connectivity index (χ0n) is 18.2. The largest absolute Gasteiger partial charge is 0.368 e. The molecule has 4 nitrogen and oxygen atoms in total. The highest BCUT2D eigenvalue weighted by Crippen LogP contribution is 2.29. The van der Waals surface area contributed by atoms with Crippen LogP contribution in [-0.4, -0.2) is 22.5 Å². The normalized spacial score (nSPS) is 11.9. The van der Waals surface area contributed by atoms with Crippen molar-refractivity contribution < 1.29 is 9.18 Å². The number of carbonyl (C=O) groups excluding carboxylic acids is 1. The molecular weight excluding hydrogens is 377 g/mol. The van der Waals surface area contributed by atoms with Crippen molar-refractivity contribution in [3.05, 3.63) is 77.6 Å². The fourth-order valence-electron chi connectivity index (χ4n) is 3.19. The van der Waals surface area contributed by atoms with Crippen molar-refractivity contribution in [2.24, 2.45) is 5.41 Å². The lowest BCUT2D eigenvalue weighted by Gasteiger charge is -2.26. The molecule has 0 aliphatic rings. The highest BCUT2D eigenvalue weighted by Gasteiger charge is 2.26. The topological polar surface area (TPSA) is 54.9 Å². The Bertz CT molecular complexity index is 1020. The third kappa shape index (κ3) is 4.90. The van der Waals surface area contributed by atoms with Crippen LogP contribution in [0.25, 0.3) is 11.3 Å². The number of carbonyl (C=O) groups is 1. The number of Topliss-reactive ketones (excluding diaryl/α,β-unsaturated/α-hetero) is 1. The molecule has 156 valence electrons. The van der Waals surface area contributed by atoms with E-state index in [0.717, 1.165) is 11.1 Å². The van der Waals surface area contributed by atoms with Crippen LogP contribution in [0, 0.1) is 11.2 Å². The van der Waals surface area contributed by atoms with Gasteiger partial charge in [0, 0.05) is 28.5 Å². The second-order valence-electron chi connectivity index (χ2n) is 9.17. The Morgan fingerprint density at radius 2 is 1.57 bits per heavy atom. The summed E-state index contributed by atoms with van der Waals surface area (Å²) in [6.45, 7) is 10.5. The van der Waals surface area contributed by atoms with E-state index >= 15 is 0 Å². The fourth-order valence-corrected chi connectivity index (χ4v) is 3.19. The van der Waals surface area contributed by atoms with Gasteiger partial charge in [-0.1, -0.05) is 71.0 Å². The van der Waals surface area contributed by atoms with Crippen molar-refractivity contribution in [1.82, 2.24) is 10.2 Å². The van der Waals surface area contributed by atoms with E-state index in [-0.39, 0.29) is 17.0 Å². The number of rotatable bonds is 6. The maximum atomic E-state index is 13.2. The Labute approximate surface area is 177 Å². The molecule has 0 unspecified atom stereocenters. The third-order valence-corrected chi connectivity index (χ3v) is 5.13. The molecule has 3 rings (SSSR count). The molecule has 0 spiro atoms. The first-order chi connectivity index (χ1) is 14.1. The molecule has 0 atom stereocenters. The minimum atomic E-state index is -0.475. The van der Waals surface area contributed by atoms with Gasteiger partial charge < -0.3 is 5.32 Å². The fraction of sp³-hybridized carbons (Fsp3) is 0.320. The summed E-state index contributed by atoms with van der Waals surface area (Å²) < 4.78 is 13.2. The highest BCUT2D eigenvalue weighted by atomic mass is 19.1. The highest BCUT2D eigenvalue weighted by molar-refractivity contribution is 6.04. The monoisotopic (exact) mass is 405 g/mol. The lowest BCUT2D eigenvalue weighted by Crippen LogP contribution is -2.28. The average molecular weight is 406 g/mol.